The van der Waals surface area contributed by atoms with Crippen LogP contribution in [0.1, 0.15) is 93.6 Å². The number of amides is 6. The second-order valence-corrected chi connectivity index (χ2v) is 20.1. The van der Waals surface area contributed by atoms with Crippen molar-refractivity contribution in [3.05, 3.63) is 47.5 Å². The lowest BCUT2D eigenvalue weighted by Gasteiger charge is -2.38. The topological polar surface area (TPSA) is 194 Å². The van der Waals surface area contributed by atoms with Crippen molar-refractivity contribution in [3.63, 3.8) is 0 Å². The van der Waals surface area contributed by atoms with E-state index < -0.39 is 70.7 Å². The number of hydrogen-bond acceptors (Lipinski definition) is 10. The first-order valence-corrected chi connectivity index (χ1v) is 22.9. The molecule has 0 radical (unpaired) electrons. The molecule has 17 heteroatoms. The molecule has 336 valence electrons. The number of amidine groups is 1. The predicted octanol–water partition coefficient (Wildman–Crippen LogP) is 3.48. The van der Waals surface area contributed by atoms with E-state index >= 15 is 0 Å². The van der Waals surface area contributed by atoms with Gasteiger partial charge in [-0.05, 0) is 40.1 Å². The Morgan fingerprint density at radius 2 is 1.66 bits per heavy atom. The fraction of sp³-hybridized carbons (Fsp3) is 0.636. The zero-order valence-corrected chi connectivity index (χ0v) is 39.1. The molecule has 1 aromatic rings. The molecule has 0 aromatic heterocycles. The van der Waals surface area contributed by atoms with Crippen LogP contribution in [0.2, 0.25) is 0 Å². The van der Waals surface area contributed by atoms with Gasteiger partial charge in [-0.3, -0.25) is 38.8 Å². The van der Waals surface area contributed by atoms with Crippen molar-refractivity contribution < 1.29 is 28.8 Å². The smallest absolute Gasteiger partial charge is 0.246 e. The third-order valence-corrected chi connectivity index (χ3v) is 12.5. The largest absolute Gasteiger partial charge is 0.363 e. The van der Waals surface area contributed by atoms with Crippen LogP contribution in [-0.2, 0) is 28.8 Å². The van der Waals surface area contributed by atoms with Crippen molar-refractivity contribution in [2.24, 2.45) is 32.7 Å². The van der Waals surface area contributed by atoms with Crippen molar-refractivity contribution in [2.75, 3.05) is 31.3 Å². The fourth-order valence-electron chi connectivity index (χ4n) is 7.73. The lowest BCUT2D eigenvalue weighted by molar-refractivity contribution is -0.140. The predicted molar refractivity (Wildman–Crippen MR) is 245 cm³/mol. The number of hydrogen-bond donors (Lipinski definition) is 6. The van der Waals surface area contributed by atoms with Gasteiger partial charge in [0.1, 0.15) is 30.0 Å². The second-order valence-electron chi connectivity index (χ2n) is 18.8. The van der Waals surface area contributed by atoms with E-state index in [0.29, 0.717) is 25.4 Å². The van der Waals surface area contributed by atoms with Crippen molar-refractivity contribution in [1.29, 1.82) is 0 Å². The first kappa shape index (κ1) is 49.3. The average molecular weight is 882 g/mol. The highest BCUT2D eigenvalue weighted by molar-refractivity contribution is 7.99. The zero-order valence-electron chi connectivity index (χ0n) is 37.4. The lowest BCUT2D eigenvalue weighted by Crippen LogP contribution is -2.63. The van der Waals surface area contributed by atoms with E-state index in [-0.39, 0.29) is 48.4 Å². The number of thiol groups is 1. The van der Waals surface area contributed by atoms with Gasteiger partial charge in [-0.1, -0.05) is 99.6 Å². The highest BCUT2D eigenvalue weighted by Gasteiger charge is 2.44. The molecule has 8 atom stereocenters. The Morgan fingerprint density at radius 1 is 0.967 bits per heavy atom. The zero-order chi connectivity index (χ0) is 45.2. The Kier molecular flexibility index (Phi) is 17.5. The SMILES string of the molecule is CC(C)[C@@H]1NC(=O)[C@@H]2[C@H](C)CCN2C(=O)CN/C(=N\C(C(=O)NC(C(=O)N[C@@H](/C=N/C=C\S)CC(=O)N2CCSC2)[C@@H](C)c2ccccc2)C(C)(C)C)C(C(C)(C)C)NC1=O. The molecule has 6 amide bonds. The molecule has 3 aliphatic heterocycles. The Bertz CT molecular complexity index is 1820. The van der Waals surface area contributed by atoms with E-state index in [4.69, 9.17) is 4.99 Å². The highest BCUT2D eigenvalue weighted by atomic mass is 32.2. The Labute approximate surface area is 371 Å². The minimum absolute atomic E-state index is 0.0302. The molecule has 15 nitrogen and oxygen atoms in total. The summed E-state index contributed by atoms with van der Waals surface area (Å²) in [7, 11) is 0. The van der Waals surface area contributed by atoms with Crippen molar-refractivity contribution in [1.82, 2.24) is 36.4 Å². The van der Waals surface area contributed by atoms with Crippen LogP contribution >= 0.6 is 24.4 Å². The molecular formula is C44H67N9O6S2. The summed E-state index contributed by atoms with van der Waals surface area (Å²) >= 11 is 5.74. The fourth-order valence-corrected chi connectivity index (χ4v) is 8.78. The van der Waals surface area contributed by atoms with Gasteiger partial charge in [0.15, 0.2) is 0 Å². The average Bonchev–Trinajstić information content (AvgIpc) is 3.87. The van der Waals surface area contributed by atoms with E-state index in [1.807, 2.05) is 99.6 Å². The number of carbonyl (C=O) groups is 6. The van der Waals surface area contributed by atoms with Crippen LogP contribution in [0.5, 0.6) is 0 Å². The Hall–Kier alpha value is -4.38. The molecule has 3 fully saturated rings. The maximum Gasteiger partial charge on any atom is 0.246 e. The number of fused-ring (bicyclic) bond motifs is 1. The first-order valence-electron chi connectivity index (χ1n) is 21.2. The molecule has 3 unspecified atom stereocenters. The van der Waals surface area contributed by atoms with Crippen LogP contribution < -0.4 is 26.6 Å². The van der Waals surface area contributed by atoms with Gasteiger partial charge in [0.2, 0.25) is 35.4 Å². The molecule has 0 bridgehead atoms. The Balaban J connectivity index is 1.76. The summed E-state index contributed by atoms with van der Waals surface area (Å²) < 4.78 is 0. The number of rotatable bonds is 12. The molecule has 3 aliphatic rings. The number of aliphatic imine (C=N–C) groups is 2. The molecule has 3 saturated heterocycles. The molecule has 0 spiro atoms. The second kappa shape index (κ2) is 21.6. The van der Waals surface area contributed by atoms with Crippen LogP contribution in [0.3, 0.4) is 0 Å². The number of thioether (sulfide) groups is 1. The van der Waals surface area contributed by atoms with Crippen LogP contribution in [0.4, 0.5) is 0 Å². The monoisotopic (exact) mass is 881 g/mol. The van der Waals surface area contributed by atoms with Gasteiger partial charge in [-0.2, -0.15) is 0 Å². The summed E-state index contributed by atoms with van der Waals surface area (Å²) in [4.78, 5) is 96.9. The molecule has 3 heterocycles. The Morgan fingerprint density at radius 3 is 2.25 bits per heavy atom. The van der Waals surface area contributed by atoms with Gasteiger partial charge >= 0.3 is 0 Å². The van der Waals surface area contributed by atoms with Gasteiger partial charge in [0.25, 0.3) is 0 Å². The normalized spacial score (nSPS) is 24.7. The molecule has 5 N–H and O–H groups in total. The minimum Gasteiger partial charge on any atom is -0.363 e. The number of benzene rings is 1. The van der Waals surface area contributed by atoms with Gasteiger partial charge < -0.3 is 36.4 Å². The quantitative estimate of drug-likeness (QED) is 0.136. The molecule has 61 heavy (non-hydrogen) atoms. The standard InChI is InChI=1S/C44H67N9O6S2/c1-26(2)33-39(56)51-36(43(5,6)7)38(46-24-32(55)53-18-16-27(3)35(53)41(58)48-33)50-37(44(8,9)10)42(59)49-34(28(4)29-14-12-11-13-15-29)40(57)47-30(23-45-17-20-60)22-31(54)52-19-21-61-25-52/h11-15,17,20,23,26-28,30,33-37,60H,16,18-19,21-22,24-25H2,1-10H3,(H,46,50)(H,47,57)(H,48,58)(H,49,59)(H,51,56)/b20-17-,45-23+/t27-,28+,30-,33+,34?,35+,36?,37?/m1/s1. The van der Waals surface area contributed by atoms with Crippen LogP contribution in [0, 0.1) is 22.7 Å². The van der Waals surface area contributed by atoms with Gasteiger partial charge in [0, 0.05) is 37.2 Å². The first-order chi connectivity index (χ1) is 28.6. The van der Waals surface area contributed by atoms with Crippen molar-refractivity contribution >= 4 is 71.9 Å². The molecule has 0 saturated carbocycles. The van der Waals surface area contributed by atoms with E-state index in [9.17, 15) is 28.8 Å². The van der Waals surface area contributed by atoms with E-state index in [1.54, 1.807) is 21.6 Å². The third-order valence-electron chi connectivity index (χ3n) is 11.4. The summed E-state index contributed by atoms with van der Waals surface area (Å²) in [5.74, 6) is -1.62. The summed E-state index contributed by atoms with van der Waals surface area (Å²) in [5, 5.41) is 16.7. The third kappa shape index (κ3) is 13.3. The molecule has 0 aliphatic carbocycles. The molecule has 1 aromatic carbocycles. The van der Waals surface area contributed by atoms with E-state index in [0.717, 1.165) is 11.3 Å². The molecule has 4 rings (SSSR count). The van der Waals surface area contributed by atoms with Crippen molar-refractivity contribution in [3.8, 4) is 0 Å². The van der Waals surface area contributed by atoms with Crippen LogP contribution in [0.15, 0.2) is 51.9 Å². The van der Waals surface area contributed by atoms with Gasteiger partial charge in [-0.25, -0.2) is 0 Å². The van der Waals surface area contributed by atoms with Gasteiger partial charge in [-0.15, -0.1) is 24.4 Å². The highest BCUT2D eigenvalue weighted by Crippen LogP contribution is 2.29. The number of carbonyl (C=O) groups excluding carboxylic acids is 6. The lowest BCUT2D eigenvalue weighted by atomic mass is 9.83. The van der Waals surface area contributed by atoms with E-state index in [2.05, 4.69) is 44.2 Å². The number of nitrogens with zero attached hydrogens (tertiary/aromatic N) is 4. The number of nitrogens with one attached hydrogen (secondary N) is 5. The minimum atomic E-state index is -1.13. The maximum absolute atomic E-state index is 14.8. The van der Waals surface area contributed by atoms with Gasteiger partial charge in [0.05, 0.1) is 30.9 Å². The summed E-state index contributed by atoms with van der Waals surface area (Å²) in [6, 6.07) is 3.81. The summed E-state index contributed by atoms with van der Waals surface area (Å²) in [5.41, 5.74) is -0.738. The maximum atomic E-state index is 14.8. The van der Waals surface area contributed by atoms with Crippen molar-refractivity contribution in [2.45, 2.75) is 124 Å². The van der Waals surface area contributed by atoms with Crippen LogP contribution in [-0.4, -0.2) is 125 Å². The van der Waals surface area contributed by atoms with Crippen LogP contribution in [0.25, 0.3) is 0 Å². The molecular weight excluding hydrogens is 815 g/mol. The summed E-state index contributed by atoms with van der Waals surface area (Å²) in [6.07, 6.45) is 3.53. The van der Waals surface area contributed by atoms with E-state index in [1.165, 1.54) is 17.8 Å². The summed E-state index contributed by atoms with van der Waals surface area (Å²) in [6.45, 7) is 19.5.